The molecule has 0 unspecified atom stereocenters. The normalized spacial score (nSPS) is 19.9. The van der Waals surface area contributed by atoms with Crippen molar-refractivity contribution in [2.24, 2.45) is 0 Å². The van der Waals surface area contributed by atoms with Crippen molar-refractivity contribution in [1.82, 2.24) is 15.1 Å². The topological polar surface area (TPSA) is 90.5 Å². The first-order valence-electron chi connectivity index (χ1n) is 6.48. The summed E-state index contributed by atoms with van der Waals surface area (Å²) in [5.74, 6) is 0. The van der Waals surface area contributed by atoms with Crippen molar-refractivity contribution < 1.29 is 14.6 Å². The van der Waals surface area contributed by atoms with E-state index in [1.165, 1.54) is 0 Å². The first kappa shape index (κ1) is 12.9. The zero-order valence-corrected chi connectivity index (χ0v) is 10.9. The molecule has 1 fully saturated rings. The molecule has 106 valence electrons. The van der Waals surface area contributed by atoms with Crippen molar-refractivity contribution in [1.29, 1.82) is 0 Å². The number of anilines is 1. The maximum Gasteiger partial charge on any atom is 0.322 e. The summed E-state index contributed by atoms with van der Waals surface area (Å²) in [6, 6.07) is 5.33. The number of nitrogens with zero attached hydrogens (tertiary/aromatic N) is 2. The van der Waals surface area contributed by atoms with Crippen molar-refractivity contribution in [3.63, 3.8) is 0 Å². The van der Waals surface area contributed by atoms with Gasteiger partial charge in [0.15, 0.2) is 0 Å². The Hall–Kier alpha value is -2.12. The number of aliphatic hydroxyl groups is 1. The van der Waals surface area contributed by atoms with Gasteiger partial charge in [0.1, 0.15) is 0 Å². The molecule has 3 rings (SSSR count). The highest BCUT2D eigenvalue weighted by Gasteiger charge is 2.21. The lowest BCUT2D eigenvalue weighted by atomic mass is 10.2. The number of nitrogens with one attached hydrogen (secondary N) is 2. The number of para-hydroxylation sites is 1. The summed E-state index contributed by atoms with van der Waals surface area (Å²) in [5.41, 5.74) is 1.46. The van der Waals surface area contributed by atoms with Crippen molar-refractivity contribution in [3.05, 3.63) is 24.4 Å². The maximum atomic E-state index is 12.2. The molecule has 1 aliphatic heterocycles. The van der Waals surface area contributed by atoms with Crippen LogP contribution in [0.15, 0.2) is 24.4 Å². The van der Waals surface area contributed by atoms with E-state index in [0.717, 1.165) is 10.9 Å². The molecule has 7 heteroatoms. The Morgan fingerprint density at radius 2 is 2.45 bits per heavy atom. The Labute approximate surface area is 115 Å². The van der Waals surface area contributed by atoms with Gasteiger partial charge in [-0.15, -0.1) is 0 Å². The Morgan fingerprint density at radius 3 is 3.35 bits per heavy atom. The predicted molar refractivity (Wildman–Crippen MR) is 73.5 cm³/mol. The molecule has 1 aromatic carbocycles. The van der Waals surface area contributed by atoms with Crippen molar-refractivity contribution in [2.75, 3.05) is 31.6 Å². The number of ether oxygens (including phenoxy) is 1. The number of urea groups is 1. The van der Waals surface area contributed by atoms with E-state index in [-0.39, 0.29) is 19.2 Å². The zero-order valence-electron chi connectivity index (χ0n) is 10.9. The number of carbonyl (C=O) groups excluding carboxylic acids is 1. The molecular formula is C13H16N4O3. The number of hydrogen-bond acceptors (Lipinski definition) is 4. The SMILES string of the molecule is O=C(Nc1cccc2cn[nH]c12)N1CCOC[C@@H](O)C1. The van der Waals surface area contributed by atoms with E-state index in [1.54, 1.807) is 11.1 Å². The maximum absolute atomic E-state index is 12.2. The molecule has 20 heavy (non-hydrogen) atoms. The fourth-order valence-corrected chi connectivity index (χ4v) is 2.24. The van der Waals surface area contributed by atoms with Gasteiger partial charge in [-0.3, -0.25) is 5.10 Å². The molecule has 7 nitrogen and oxygen atoms in total. The Balaban J connectivity index is 1.76. The molecule has 0 aliphatic carbocycles. The number of carbonyl (C=O) groups is 1. The van der Waals surface area contributed by atoms with Crippen LogP contribution in [0.2, 0.25) is 0 Å². The summed E-state index contributed by atoms with van der Waals surface area (Å²) in [5, 5.41) is 20.2. The number of hydrogen-bond donors (Lipinski definition) is 3. The van der Waals surface area contributed by atoms with Crippen LogP contribution in [0, 0.1) is 0 Å². The first-order valence-corrected chi connectivity index (χ1v) is 6.48. The Kier molecular flexibility index (Phi) is 3.53. The van der Waals surface area contributed by atoms with E-state index in [1.807, 2.05) is 18.2 Å². The average Bonchev–Trinajstić information content (AvgIpc) is 2.81. The number of rotatable bonds is 1. The summed E-state index contributed by atoms with van der Waals surface area (Å²) >= 11 is 0. The molecule has 1 saturated heterocycles. The van der Waals surface area contributed by atoms with Gasteiger partial charge < -0.3 is 20.1 Å². The highest BCUT2D eigenvalue weighted by atomic mass is 16.5. The summed E-state index contributed by atoms with van der Waals surface area (Å²) in [7, 11) is 0. The summed E-state index contributed by atoms with van der Waals surface area (Å²) in [6.45, 7) is 1.42. The first-order chi connectivity index (χ1) is 9.74. The van der Waals surface area contributed by atoms with Gasteiger partial charge in [-0.05, 0) is 6.07 Å². The number of aromatic amines is 1. The van der Waals surface area contributed by atoms with Gasteiger partial charge in [0.2, 0.25) is 0 Å². The lowest BCUT2D eigenvalue weighted by molar-refractivity contribution is 0.0575. The molecule has 1 atom stereocenters. The molecule has 2 amide bonds. The van der Waals surface area contributed by atoms with Gasteiger partial charge in [-0.25, -0.2) is 4.79 Å². The largest absolute Gasteiger partial charge is 0.389 e. The van der Waals surface area contributed by atoms with E-state index in [9.17, 15) is 9.90 Å². The second-order valence-electron chi connectivity index (χ2n) is 4.74. The number of H-pyrrole nitrogens is 1. The van der Waals surface area contributed by atoms with E-state index >= 15 is 0 Å². The Bertz CT molecular complexity index is 612. The van der Waals surface area contributed by atoms with E-state index in [2.05, 4.69) is 15.5 Å². The average molecular weight is 276 g/mol. The molecule has 2 heterocycles. The number of benzene rings is 1. The van der Waals surface area contributed by atoms with Crippen LogP contribution in [-0.2, 0) is 4.74 Å². The van der Waals surface area contributed by atoms with Crippen LogP contribution in [0.25, 0.3) is 10.9 Å². The van der Waals surface area contributed by atoms with Crippen LogP contribution in [0.3, 0.4) is 0 Å². The standard InChI is InChI=1S/C13H16N4O3/c18-10-7-17(4-5-20-8-10)13(19)15-11-3-1-2-9-6-14-16-12(9)11/h1-3,6,10,18H,4-5,7-8H2,(H,14,16)(H,15,19)/t10-/m0/s1. The van der Waals surface area contributed by atoms with E-state index < -0.39 is 6.10 Å². The third kappa shape index (κ3) is 2.59. The molecule has 0 bridgehead atoms. The van der Waals surface area contributed by atoms with Crippen LogP contribution in [-0.4, -0.2) is 58.6 Å². The van der Waals surface area contributed by atoms with Gasteiger partial charge >= 0.3 is 6.03 Å². The van der Waals surface area contributed by atoms with Gasteiger partial charge in [-0.2, -0.15) is 5.10 Å². The van der Waals surface area contributed by atoms with Crippen LogP contribution >= 0.6 is 0 Å². The quantitative estimate of drug-likeness (QED) is 0.718. The predicted octanol–water partition coefficient (Wildman–Crippen LogP) is 0.788. The van der Waals surface area contributed by atoms with Crippen molar-refractivity contribution in [3.8, 4) is 0 Å². The lowest BCUT2D eigenvalue weighted by Gasteiger charge is -2.21. The molecule has 1 aliphatic rings. The smallest absolute Gasteiger partial charge is 0.322 e. The monoisotopic (exact) mass is 276 g/mol. The molecule has 1 aromatic heterocycles. The summed E-state index contributed by atoms with van der Waals surface area (Å²) in [4.78, 5) is 13.8. The van der Waals surface area contributed by atoms with Crippen LogP contribution in [0.1, 0.15) is 0 Å². The van der Waals surface area contributed by atoms with Gasteiger partial charge in [0, 0.05) is 11.9 Å². The van der Waals surface area contributed by atoms with Gasteiger partial charge in [-0.1, -0.05) is 12.1 Å². The highest BCUT2D eigenvalue weighted by molar-refractivity contribution is 5.99. The number of aliphatic hydroxyl groups excluding tert-OH is 1. The summed E-state index contributed by atoms with van der Waals surface area (Å²) < 4.78 is 5.21. The van der Waals surface area contributed by atoms with Crippen LogP contribution in [0.5, 0.6) is 0 Å². The van der Waals surface area contributed by atoms with Crippen molar-refractivity contribution in [2.45, 2.75) is 6.10 Å². The minimum Gasteiger partial charge on any atom is -0.389 e. The fourth-order valence-electron chi connectivity index (χ4n) is 2.24. The fraction of sp³-hybridized carbons (Fsp3) is 0.385. The van der Waals surface area contributed by atoms with Gasteiger partial charge in [0.05, 0.1) is 43.3 Å². The molecule has 2 aromatic rings. The minimum absolute atomic E-state index is 0.253. The minimum atomic E-state index is -0.647. The van der Waals surface area contributed by atoms with Crippen molar-refractivity contribution >= 4 is 22.6 Å². The van der Waals surface area contributed by atoms with Crippen LogP contribution in [0.4, 0.5) is 10.5 Å². The second kappa shape index (κ2) is 5.48. The van der Waals surface area contributed by atoms with E-state index in [4.69, 9.17) is 4.74 Å². The van der Waals surface area contributed by atoms with Crippen LogP contribution < -0.4 is 5.32 Å². The molecule has 0 saturated carbocycles. The second-order valence-corrected chi connectivity index (χ2v) is 4.74. The molecule has 0 radical (unpaired) electrons. The number of fused-ring (bicyclic) bond motifs is 1. The third-order valence-corrected chi connectivity index (χ3v) is 3.25. The number of aromatic nitrogens is 2. The third-order valence-electron chi connectivity index (χ3n) is 3.25. The zero-order chi connectivity index (χ0) is 13.9. The molecule has 0 spiro atoms. The molecule has 3 N–H and O–H groups in total. The molecular weight excluding hydrogens is 260 g/mol. The Morgan fingerprint density at radius 1 is 1.55 bits per heavy atom. The number of β-amino-alcohol motifs (C(OH)–C–C–N with tert-alkyl or cyclic N) is 1. The van der Waals surface area contributed by atoms with Gasteiger partial charge in [0.25, 0.3) is 0 Å². The summed E-state index contributed by atoms with van der Waals surface area (Å²) in [6.07, 6.45) is 1.06. The van der Waals surface area contributed by atoms with E-state index in [0.29, 0.717) is 18.8 Å². The highest BCUT2D eigenvalue weighted by Crippen LogP contribution is 2.20. The number of amides is 2. The lowest BCUT2D eigenvalue weighted by Crippen LogP contribution is -2.40.